The van der Waals surface area contributed by atoms with Gasteiger partial charge in [0.2, 0.25) is 5.91 Å². The fourth-order valence-corrected chi connectivity index (χ4v) is 8.64. The van der Waals surface area contributed by atoms with Crippen molar-refractivity contribution in [2.75, 3.05) is 37.7 Å². The maximum Gasteiger partial charge on any atom is 0.356 e. The van der Waals surface area contributed by atoms with Gasteiger partial charge in [-0.05, 0) is 55.2 Å². The van der Waals surface area contributed by atoms with Crippen molar-refractivity contribution >= 4 is 28.5 Å². The smallest absolute Gasteiger partial charge is 0.356 e. The zero-order chi connectivity index (χ0) is 34.0. The summed E-state index contributed by atoms with van der Waals surface area (Å²) in [6.45, 7) is 7.14. The first-order valence-corrected chi connectivity index (χ1v) is 17.5. The molecule has 1 spiro atoms. The lowest BCUT2D eigenvalue weighted by molar-refractivity contribution is -0.129. The molecule has 7 heterocycles. The van der Waals surface area contributed by atoms with Gasteiger partial charge < -0.3 is 19.6 Å². The number of rotatable bonds is 7. The van der Waals surface area contributed by atoms with Gasteiger partial charge in [0.05, 0.1) is 23.6 Å². The number of carbonyl (C=O) groups excluding carboxylic acids is 1. The second kappa shape index (κ2) is 12.0. The summed E-state index contributed by atoms with van der Waals surface area (Å²) < 4.78 is 9.93. The van der Waals surface area contributed by atoms with Gasteiger partial charge >= 0.3 is 5.97 Å². The van der Waals surface area contributed by atoms with E-state index < -0.39 is 5.97 Å². The van der Waals surface area contributed by atoms with Crippen molar-refractivity contribution in [1.29, 1.82) is 0 Å². The molecule has 1 aliphatic carbocycles. The predicted octanol–water partition coefficient (Wildman–Crippen LogP) is 4.62. The van der Waals surface area contributed by atoms with Gasteiger partial charge in [-0.3, -0.25) is 19.1 Å². The average molecular weight is 674 g/mol. The monoisotopic (exact) mass is 673 g/mol. The molecule has 50 heavy (non-hydrogen) atoms. The van der Waals surface area contributed by atoms with Gasteiger partial charge in [-0.25, -0.2) is 4.79 Å². The lowest BCUT2D eigenvalue weighted by Gasteiger charge is -2.59. The van der Waals surface area contributed by atoms with Crippen LogP contribution in [0, 0.1) is 11.3 Å². The van der Waals surface area contributed by atoms with Gasteiger partial charge in [-0.1, -0.05) is 18.2 Å². The summed E-state index contributed by atoms with van der Waals surface area (Å²) >= 11 is 0. The second-order valence-corrected chi connectivity index (χ2v) is 14.5. The number of carboxylic acid groups (broad SMARTS) is 1. The summed E-state index contributed by atoms with van der Waals surface area (Å²) in [5.74, 6) is 0.322. The highest BCUT2D eigenvalue weighted by molar-refractivity contribution is 5.97. The Hall–Kier alpha value is -5.17. The lowest BCUT2D eigenvalue weighted by Crippen LogP contribution is -2.63. The van der Waals surface area contributed by atoms with E-state index in [1.807, 2.05) is 22.0 Å². The number of benzene rings is 1. The molecule has 2 saturated heterocycles. The lowest BCUT2D eigenvalue weighted by atomic mass is 9.57. The number of carboxylic acids is 1. The summed E-state index contributed by atoms with van der Waals surface area (Å²) in [7, 11) is 0. The Balaban J connectivity index is 0.905. The van der Waals surface area contributed by atoms with Crippen LogP contribution in [0.5, 0.6) is 0 Å². The van der Waals surface area contributed by atoms with Crippen LogP contribution in [0.15, 0.2) is 55.0 Å². The molecular weight excluding hydrogens is 634 g/mol. The van der Waals surface area contributed by atoms with E-state index in [2.05, 4.69) is 50.2 Å². The number of aromatic carboxylic acids is 1. The first-order valence-electron chi connectivity index (χ1n) is 17.5. The highest BCUT2D eigenvalue weighted by Crippen LogP contribution is 2.53. The minimum absolute atomic E-state index is 0.0366. The Kier molecular flexibility index (Phi) is 7.41. The Morgan fingerprint density at radius 3 is 2.66 bits per heavy atom. The fraction of sp³-hybridized carbons (Fsp3) is 0.432. The summed E-state index contributed by atoms with van der Waals surface area (Å²) in [6.07, 6.45) is 10.9. The van der Waals surface area contributed by atoms with E-state index in [-0.39, 0.29) is 11.6 Å². The summed E-state index contributed by atoms with van der Waals surface area (Å²) in [4.78, 5) is 32.5. The molecule has 4 aromatic heterocycles. The minimum Gasteiger partial charge on any atom is -0.476 e. The second-order valence-electron chi connectivity index (χ2n) is 14.5. The maximum absolute atomic E-state index is 12.4. The molecule has 0 atom stereocenters. The third-order valence-corrected chi connectivity index (χ3v) is 11.2. The first-order chi connectivity index (χ1) is 24.3. The van der Waals surface area contributed by atoms with Crippen molar-refractivity contribution < 1.29 is 19.4 Å². The zero-order valence-electron chi connectivity index (χ0n) is 28.0. The summed E-state index contributed by atoms with van der Waals surface area (Å²) in [5, 5.41) is 29.1. The van der Waals surface area contributed by atoms with Gasteiger partial charge in [0.1, 0.15) is 0 Å². The van der Waals surface area contributed by atoms with Crippen LogP contribution in [0.25, 0.3) is 33.3 Å². The number of aromatic nitrogens is 7. The number of amides is 1. The minimum atomic E-state index is -1.06. The number of ether oxygens (including phenoxy) is 1. The van der Waals surface area contributed by atoms with Gasteiger partial charge in [0, 0.05) is 105 Å². The van der Waals surface area contributed by atoms with Gasteiger partial charge in [-0.2, -0.15) is 10.2 Å². The number of nitrogens with zero attached hydrogens (tertiary/aromatic N) is 9. The molecule has 4 aliphatic rings. The molecule has 0 radical (unpaired) electrons. The number of pyridine rings is 1. The maximum atomic E-state index is 12.4. The van der Waals surface area contributed by atoms with Crippen molar-refractivity contribution in [2.24, 2.45) is 11.3 Å². The highest BCUT2D eigenvalue weighted by atomic mass is 16.5. The molecule has 5 aromatic rings. The van der Waals surface area contributed by atoms with Crippen LogP contribution < -0.4 is 4.90 Å². The average Bonchev–Trinajstić information content (AvgIpc) is 3.73. The summed E-state index contributed by atoms with van der Waals surface area (Å²) in [5.41, 5.74) is 6.51. The van der Waals surface area contributed by atoms with Crippen LogP contribution in [0.4, 0.5) is 5.82 Å². The number of anilines is 1. The number of carbonyl (C=O) groups is 2. The Labute approximate surface area is 288 Å². The molecule has 9 rings (SSSR count). The molecule has 1 aromatic carbocycles. The van der Waals surface area contributed by atoms with Crippen molar-refractivity contribution in [3.8, 4) is 22.5 Å². The van der Waals surface area contributed by atoms with Crippen LogP contribution in [-0.4, -0.2) is 89.5 Å². The van der Waals surface area contributed by atoms with E-state index in [4.69, 9.17) is 25.0 Å². The molecule has 0 bridgehead atoms. The van der Waals surface area contributed by atoms with E-state index in [1.54, 1.807) is 13.0 Å². The van der Waals surface area contributed by atoms with Crippen LogP contribution in [0.1, 0.15) is 60.4 Å². The molecule has 3 aliphatic heterocycles. The largest absolute Gasteiger partial charge is 0.476 e. The molecule has 1 amide bonds. The molecule has 256 valence electrons. The van der Waals surface area contributed by atoms with Crippen molar-refractivity contribution in [1.82, 2.24) is 39.6 Å². The Morgan fingerprint density at radius 1 is 1.06 bits per heavy atom. The quantitative estimate of drug-likeness (QED) is 0.260. The molecule has 1 N–H and O–H groups in total. The van der Waals surface area contributed by atoms with Crippen LogP contribution in [0.2, 0.25) is 0 Å². The topological polar surface area (TPSA) is 144 Å². The van der Waals surface area contributed by atoms with Gasteiger partial charge in [0.25, 0.3) is 0 Å². The van der Waals surface area contributed by atoms with Gasteiger partial charge in [0.15, 0.2) is 11.5 Å². The third-order valence-electron chi connectivity index (χ3n) is 11.2. The Bertz CT molecular complexity index is 2100. The SMILES string of the molecule is CC(=O)N1CCc2c(c(-c3cccc4cc(-c5cnn(CC6CC7(C6)CN(c6ccc(C(=O)O)nn6)C7)c5)ncc34)nn2C2CCOCC2)C1. The van der Waals surface area contributed by atoms with Crippen LogP contribution in [0.3, 0.4) is 0 Å². The number of fused-ring (bicyclic) bond motifs is 2. The van der Waals surface area contributed by atoms with E-state index in [1.165, 1.54) is 11.8 Å². The van der Waals surface area contributed by atoms with E-state index >= 15 is 0 Å². The number of hydrogen-bond donors (Lipinski definition) is 1. The summed E-state index contributed by atoms with van der Waals surface area (Å²) in [6, 6.07) is 12.0. The van der Waals surface area contributed by atoms with Gasteiger partial charge in [-0.15, -0.1) is 10.2 Å². The fourth-order valence-electron chi connectivity index (χ4n) is 8.64. The number of hydrogen-bond acceptors (Lipinski definition) is 9. The van der Waals surface area contributed by atoms with Crippen LogP contribution in [-0.2, 0) is 29.0 Å². The third kappa shape index (κ3) is 5.40. The van der Waals surface area contributed by atoms with E-state index in [0.717, 1.165) is 110 Å². The highest BCUT2D eigenvalue weighted by Gasteiger charge is 2.52. The van der Waals surface area contributed by atoms with E-state index in [0.29, 0.717) is 30.5 Å². The molecule has 1 saturated carbocycles. The molecule has 0 unspecified atom stereocenters. The first kappa shape index (κ1) is 30.9. The molecule has 13 nitrogen and oxygen atoms in total. The van der Waals surface area contributed by atoms with Crippen molar-refractivity contribution in [2.45, 2.75) is 58.2 Å². The predicted molar refractivity (Wildman–Crippen MR) is 184 cm³/mol. The van der Waals surface area contributed by atoms with Crippen molar-refractivity contribution in [3.63, 3.8) is 0 Å². The molecule has 13 heteroatoms. The Morgan fingerprint density at radius 2 is 1.90 bits per heavy atom. The normalized spacial score (nSPS) is 19.0. The molecular formula is C37H39N9O4. The zero-order valence-corrected chi connectivity index (χ0v) is 28.0. The molecule has 3 fully saturated rings. The standard InChI is InChI=1S/C37H39N9O4/c1-23(47)43-10-7-33-30(20-43)35(42-46(33)27-8-11-50-12-9-27)28-4-2-3-25-13-32(38-17-29(25)28)26-16-39-45(19-26)18-24-14-37(15-24)21-44(22-37)34-6-5-31(36(48)49)40-41-34/h2-6,13,16-17,19,24,27H,7-12,14-15,18,20-22H2,1H3,(H,48,49). The van der Waals surface area contributed by atoms with Crippen molar-refractivity contribution in [3.05, 3.63) is 71.9 Å². The van der Waals surface area contributed by atoms with E-state index in [9.17, 15) is 9.59 Å². The van der Waals surface area contributed by atoms with Crippen LogP contribution >= 0.6 is 0 Å².